The van der Waals surface area contributed by atoms with E-state index in [9.17, 15) is 13.2 Å². The number of sulfonamides is 1. The highest BCUT2D eigenvalue weighted by Crippen LogP contribution is 2.19. The monoisotopic (exact) mass is 421 g/mol. The van der Waals surface area contributed by atoms with Crippen molar-refractivity contribution in [2.24, 2.45) is 0 Å². The smallest absolute Gasteiger partial charge is 0.265 e. The van der Waals surface area contributed by atoms with Crippen molar-refractivity contribution in [3.63, 3.8) is 0 Å². The molecule has 2 aromatic carbocycles. The molecule has 0 saturated heterocycles. The van der Waals surface area contributed by atoms with Crippen LogP contribution in [0.4, 0.5) is 0 Å². The molecular formula is C17H16BrN3O3S. The zero-order chi connectivity index (χ0) is 18.2. The number of nitrogens with one attached hydrogen (secondary N) is 1. The molecule has 0 unspecified atom stereocenters. The van der Waals surface area contributed by atoms with Gasteiger partial charge in [-0.3, -0.25) is 4.79 Å². The zero-order valence-corrected chi connectivity index (χ0v) is 16.1. The van der Waals surface area contributed by atoms with Crippen LogP contribution >= 0.6 is 15.9 Å². The van der Waals surface area contributed by atoms with E-state index in [0.29, 0.717) is 5.52 Å². The average Bonchev–Trinajstić information content (AvgIpc) is 2.88. The Kier molecular flexibility index (Phi) is 4.66. The molecule has 0 aliphatic rings. The number of amides is 1. The van der Waals surface area contributed by atoms with E-state index >= 15 is 0 Å². The minimum Gasteiger partial charge on any atom is -0.329 e. The first-order chi connectivity index (χ1) is 11.8. The van der Waals surface area contributed by atoms with Gasteiger partial charge in [0.15, 0.2) is 0 Å². The van der Waals surface area contributed by atoms with Gasteiger partial charge >= 0.3 is 0 Å². The summed E-state index contributed by atoms with van der Waals surface area (Å²) < 4.78 is 29.5. The molecule has 3 rings (SSSR count). The van der Waals surface area contributed by atoms with E-state index in [4.69, 9.17) is 0 Å². The molecule has 0 aliphatic carbocycles. The lowest BCUT2D eigenvalue weighted by molar-refractivity contribution is 0.0981. The molecular weight excluding hydrogens is 406 g/mol. The quantitative estimate of drug-likeness (QED) is 0.700. The molecule has 8 heteroatoms. The van der Waals surface area contributed by atoms with E-state index < -0.39 is 15.9 Å². The van der Waals surface area contributed by atoms with Crippen LogP contribution in [-0.2, 0) is 16.6 Å². The van der Waals surface area contributed by atoms with Crippen LogP contribution in [0, 0.1) is 6.92 Å². The third-order valence-corrected chi connectivity index (χ3v) is 5.74. The Morgan fingerprint density at radius 1 is 1.20 bits per heavy atom. The molecule has 1 N–H and O–H groups in total. The Balaban J connectivity index is 1.90. The van der Waals surface area contributed by atoms with Gasteiger partial charge in [-0.1, -0.05) is 15.9 Å². The van der Waals surface area contributed by atoms with Gasteiger partial charge in [-0.15, -0.1) is 0 Å². The Bertz CT molecular complexity index is 1060. The van der Waals surface area contributed by atoms with E-state index in [0.717, 1.165) is 22.4 Å². The van der Waals surface area contributed by atoms with Gasteiger partial charge < -0.3 is 4.57 Å². The number of imidazole rings is 1. The second-order valence-corrected chi connectivity index (χ2v) is 8.09. The normalized spacial score (nSPS) is 11.6. The van der Waals surface area contributed by atoms with Gasteiger partial charge in [-0.2, -0.15) is 0 Å². The summed E-state index contributed by atoms with van der Waals surface area (Å²) in [5.41, 5.74) is 1.81. The molecule has 6 nitrogen and oxygen atoms in total. The minimum atomic E-state index is -3.93. The van der Waals surface area contributed by atoms with E-state index in [-0.39, 0.29) is 10.5 Å². The molecule has 1 aromatic heterocycles. The highest BCUT2D eigenvalue weighted by molar-refractivity contribution is 9.10. The van der Waals surface area contributed by atoms with Crippen molar-refractivity contribution >= 4 is 42.9 Å². The number of carbonyl (C=O) groups excluding carboxylic acids is 1. The van der Waals surface area contributed by atoms with Crippen LogP contribution in [0.5, 0.6) is 0 Å². The van der Waals surface area contributed by atoms with Crippen molar-refractivity contribution in [2.75, 3.05) is 0 Å². The van der Waals surface area contributed by atoms with Gasteiger partial charge in [-0.05, 0) is 56.3 Å². The van der Waals surface area contributed by atoms with Crippen LogP contribution in [0.25, 0.3) is 11.0 Å². The fraction of sp³-hybridized carbons (Fsp3) is 0.176. The van der Waals surface area contributed by atoms with Gasteiger partial charge in [0, 0.05) is 16.6 Å². The number of rotatable bonds is 4. The van der Waals surface area contributed by atoms with Crippen LogP contribution in [0.15, 0.2) is 51.8 Å². The van der Waals surface area contributed by atoms with E-state index in [1.54, 1.807) is 30.3 Å². The maximum Gasteiger partial charge on any atom is 0.265 e. The largest absolute Gasteiger partial charge is 0.329 e. The summed E-state index contributed by atoms with van der Waals surface area (Å²) in [6.45, 7) is 4.67. The lowest BCUT2D eigenvalue weighted by Crippen LogP contribution is -2.30. The maximum atomic E-state index is 12.4. The van der Waals surface area contributed by atoms with Crippen molar-refractivity contribution in [1.29, 1.82) is 0 Å². The number of aromatic nitrogens is 2. The first-order valence-electron chi connectivity index (χ1n) is 7.61. The van der Waals surface area contributed by atoms with Crippen molar-refractivity contribution in [2.45, 2.75) is 25.3 Å². The summed E-state index contributed by atoms with van der Waals surface area (Å²) in [5.74, 6) is 0.158. The molecule has 0 atom stereocenters. The van der Waals surface area contributed by atoms with Crippen LogP contribution in [0.2, 0.25) is 0 Å². The van der Waals surface area contributed by atoms with E-state index in [1.165, 1.54) is 12.1 Å². The van der Waals surface area contributed by atoms with Crippen molar-refractivity contribution in [1.82, 2.24) is 14.3 Å². The van der Waals surface area contributed by atoms with Gasteiger partial charge in [0.25, 0.3) is 15.9 Å². The summed E-state index contributed by atoms with van der Waals surface area (Å²) in [6.07, 6.45) is 0. The average molecular weight is 422 g/mol. The van der Waals surface area contributed by atoms with Crippen LogP contribution < -0.4 is 4.72 Å². The Morgan fingerprint density at radius 3 is 2.52 bits per heavy atom. The van der Waals surface area contributed by atoms with E-state index in [2.05, 4.69) is 25.6 Å². The molecule has 0 aliphatic heterocycles. The summed E-state index contributed by atoms with van der Waals surface area (Å²) in [5, 5.41) is 0. The Labute approximate surface area is 154 Å². The lowest BCUT2D eigenvalue weighted by Gasteiger charge is -2.07. The number of halogens is 1. The third kappa shape index (κ3) is 3.45. The van der Waals surface area contributed by atoms with Gasteiger partial charge in [-0.25, -0.2) is 18.1 Å². The molecule has 0 bridgehead atoms. The van der Waals surface area contributed by atoms with Gasteiger partial charge in [0.05, 0.1) is 15.9 Å². The predicted octanol–water partition coefficient (Wildman–Crippen LogP) is 3.25. The SMILES string of the molecule is CCn1c(C)nc2cc(C(=O)NS(=O)(=O)c3ccc(Br)cc3)ccc21. The lowest BCUT2D eigenvalue weighted by atomic mass is 10.2. The highest BCUT2D eigenvalue weighted by Gasteiger charge is 2.19. The van der Waals surface area contributed by atoms with Crippen molar-refractivity contribution < 1.29 is 13.2 Å². The standard InChI is InChI=1S/C17H16BrN3O3S/c1-3-21-11(2)19-15-10-12(4-9-16(15)21)17(22)20-25(23,24)14-7-5-13(18)6-8-14/h4-10H,3H2,1-2H3,(H,20,22). The second-order valence-electron chi connectivity index (χ2n) is 5.50. The maximum absolute atomic E-state index is 12.4. The Hall–Kier alpha value is -2.19. The molecule has 1 heterocycles. The number of nitrogens with zero attached hydrogens (tertiary/aromatic N) is 2. The summed E-state index contributed by atoms with van der Waals surface area (Å²) in [6, 6.07) is 11.0. The number of aryl methyl sites for hydroxylation is 2. The fourth-order valence-electron chi connectivity index (χ4n) is 2.64. The van der Waals surface area contributed by atoms with Crippen LogP contribution in [0.1, 0.15) is 23.1 Å². The molecule has 130 valence electrons. The predicted molar refractivity (Wildman–Crippen MR) is 98.9 cm³/mol. The number of hydrogen-bond acceptors (Lipinski definition) is 4. The van der Waals surface area contributed by atoms with E-state index in [1.807, 2.05) is 18.4 Å². The first kappa shape index (κ1) is 17.6. The first-order valence-corrected chi connectivity index (χ1v) is 9.89. The molecule has 0 spiro atoms. The number of hydrogen-bond donors (Lipinski definition) is 1. The molecule has 3 aromatic rings. The number of fused-ring (bicyclic) bond motifs is 1. The molecule has 1 amide bonds. The second kappa shape index (κ2) is 6.61. The van der Waals surface area contributed by atoms with Gasteiger partial charge in [0.1, 0.15) is 5.82 Å². The molecule has 25 heavy (non-hydrogen) atoms. The number of benzene rings is 2. The van der Waals surface area contributed by atoms with Crippen LogP contribution in [0.3, 0.4) is 0 Å². The fourth-order valence-corrected chi connectivity index (χ4v) is 3.88. The molecule has 0 fully saturated rings. The third-order valence-electron chi connectivity index (χ3n) is 3.87. The molecule has 0 saturated carbocycles. The zero-order valence-electron chi connectivity index (χ0n) is 13.7. The van der Waals surface area contributed by atoms with Crippen molar-refractivity contribution in [3.8, 4) is 0 Å². The molecule has 0 radical (unpaired) electrons. The summed E-state index contributed by atoms with van der Waals surface area (Å²) >= 11 is 3.25. The summed E-state index contributed by atoms with van der Waals surface area (Å²) in [7, 11) is -3.93. The summed E-state index contributed by atoms with van der Waals surface area (Å²) in [4.78, 5) is 16.8. The topological polar surface area (TPSA) is 81.1 Å². The minimum absolute atomic E-state index is 0.0243. The highest BCUT2D eigenvalue weighted by atomic mass is 79.9. The Morgan fingerprint density at radius 2 is 1.88 bits per heavy atom. The van der Waals surface area contributed by atoms with Crippen LogP contribution in [-0.4, -0.2) is 23.9 Å². The van der Waals surface area contributed by atoms with Gasteiger partial charge in [0.2, 0.25) is 0 Å². The number of carbonyl (C=O) groups is 1. The van der Waals surface area contributed by atoms with Crippen molar-refractivity contribution in [3.05, 3.63) is 58.3 Å².